The van der Waals surface area contributed by atoms with Crippen LogP contribution in [0.5, 0.6) is 0 Å². The highest BCUT2D eigenvalue weighted by Gasteiger charge is 2.33. The number of aliphatic imine (C=N–C) groups is 1. The molecule has 0 aromatic heterocycles. The number of allylic oxidation sites excluding steroid dienone is 4. The molecule has 7 heteroatoms. The van der Waals surface area contributed by atoms with E-state index in [9.17, 15) is 9.18 Å². The fourth-order valence-electron chi connectivity index (χ4n) is 4.39. The van der Waals surface area contributed by atoms with Crippen molar-refractivity contribution in [3.63, 3.8) is 0 Å². The number of hydrogen-bond acceptors (Lipinski definition) is 4. The van der Waals surface area contributed by atoms with Crippen LogP contribution in [-0.2, 0) is 4.79 Å². The molecule has 0 saturated carbocycles. The largest absolute Gasteiger partial charge is 0.398 e. The van der Waals surface area contributed by atoms with Crippen molar-refractivity contribution in [1.29, 1.82) is 0 Å². The maximum absolute atomic E-state index is 14.5. The molecule has 0 bridgehead atoms. The Bertz CT molecular complexity index is 1010. The number of nitrogens with zero attached hydrogens (tertiary/aromatic N) is 2. The summed E-state index contributed by atoms with van der Waals surface area (Å²) in [5.74, 6) is -0.457. The second-order valence-electron chi connectivity index (χ2n) is 8.04. The van der Waals surface area contributed by atoms with Crippen LogP contribution in [0.15, 0.2) is 76.2 Å². The van der Waals surface area contributed by atoms with Crippen molar-refractivity contribution in [3.8, 4) is 0 Å². The van der Waals surface area contributed by atoms with Crippen LogP contribution >= 0.6 is 0 Å². The highest BCUT2D eigenvalue weighted by molar-refractivity contribution is 6.22. The van der Waals surface area contributed by atoms with Crippen molar-refractivity contribution in [2.75, 3.05) is 19.6 Å². The van der Waals surface area contributed by atoms with Crippen molar-refractivity contribution in [1.82, 2.24) is 10.2 Å². The summed E-state index contributed by atoms with van der Waals surface area (Å²) in [5, 5.41) is 2.73. The summed E-state index contributed by atoms with van der Waals surface area (Å²) in [6.45, 7) is 5.53. The lowest BCUT2D eigenvalue weighted by Crippen LogP contribution is -2.46. The van der Waals surface area contributed by atoms with Gasteiger partial charge in [0.25, 0.3) is 5.91 Å². The van der Waals surface area contributed by atoms with Crippen LogP contribution in [-0.4, -0.2) is 42.3 Å². The van der Waals surface area contributed by atoms with E-state index < -0.39 is 17.8 Å². The number of likely N-dealkylation sites (tertiary alicyclic amines) is 1. The second kappa shape index (κ2) is 8.89. The second-order valence-corrected chi connectivity index (χ2v) is 8.04. The van der Waals surface area contributed by atoms with E-state index in [-0.39, 0.29) is 22.7 Å². The molecule has 31 heavy (non-hydrogen) atoms. The summed E-state index contributed by atoms with van der Waals surface area (Å²) in [5.41, 5.74) is 14.4. The first-order valence-electron chi connectivity index (χ1n) is 10.7. The summed E-state index contributed by atoms with van der Waals surface area (Å²) in [6, 6.07) is 7.29. The number of nitrogens with two attached hydrogens (primary N) is 2. The molecular formula is C24H28FN5O. The van der Waals surface area contributed by atoms with E-state index in [0.717, 1.165) is 32.5 Å². The Balaban J connectivity index is 1.57. The fourth-order valence-corrected chi connectivity index (χ4v) is 4.39. The van der Waals surface area contributed by atoms with Gasteiger partial charge in [-0.3, -0.25) is 4.79 Å². The molecule has 6 nitrogen and oxygen atoms in total. The normalized spacial score (nSPS) is 23.1. The van der Waals surface area contributed by atoms with Crippen molar-refractivity contribution >= 4 is 17.4 Å². The minimum atomic E-state index is -0.627. The zero-order valence-corrected chi connectivity index (χ0v) is 17.6. The Morgan fingerprint density at radius 2 is 1.94 bits per heavy atom. The molecule has 162 valence electrons. The third-order valence-electron chi connectivity index (χ3n) is 6.20. The number of nitrogens with one attached hydrogen (secondary N) is 1. The van der Waals surface area contributed by atoms with Crippen LogP contribution in [0.25, 0.3) is 0 Å². The lowest BCUT2D eigenvalue weighted by molar-refractivity contribution is -0.117. The molecule has 2 heterocycles. The molecule has 0 radical (unpaired) electrons. The van der Waals surface area contributed by atoms with Gasteiger partial charge in [-0.05, 0) is 62.2 Å². The topological polar surface area (TPSA) is 96.7 Å². The molecule has 2 aliphatic heterocycles. The molecule has 1 aromatic rings. The van der Waals surface area contributed by atoms with Gasteiger partial charge in [-0.1, -0.05) is 37.3 Å². The van der Waals surface area contributed by atoms with Gasteiger partial charge < -0.3 is 21.7 Å². The van der Waals surface area contributed by atoms with Crippen molar-refractivity contribution in [3.05, 3.63) is 76.8 Å². The number of rotatable bonds is 4. The Hall–Kier alpha value is -3.19. The van der Waals surface area contributed by atoms with Crippen molar-refractivity contribution < 1.29 is 9.18 Å². The van der Waals surface area contributed by atoms with Gasteiger partial charge in [0.05, 0.1) is 17.4 Å². The number of piperidine rings is 1. The quantitative estimate of drug-likeness (QED) is 0.514. The Morgan fingerprint density at radius 3 is 2.61 bits per heavy atom. The first-order valence-corrected chi connectivity index (χ1v) is 10.7. The third kappa shape index (κ3) is 4.32. The third-order valence-corrected chi connectivity index (χ3v) is 6.20. The molecule has 1 aromatic carbocycles. The number of amidine groups is 1. The molecule has 1 saturated heterocycles. The summed E-state index contributed by atoms with van der Waals surface area (Å²) >= 11 is 0. The van der Waals surface area contributed by atoms with E-state index in [1.165, 1.54) is 11.6 Å². The van der Waals surface area contributed by atoms with Gasteiger partial charge in [-0.15, -0.1) is 0 Å². The van der Waals surface area contributed by atoms with Gasteiger partial charge >= 0.3 is 0 Å². The minimum Gasteiger partial charge on any atom is -0.398 e. The predicted molar refractivity (Wildman–Crippen MR) is 121 cm³/mol. The SMILES string of the molecule is CCN1CCC(c2ccc(N=C(N)C3=C(N)C4=C(F)C=CC=CC4NC3=O)cc2)CC1. The van der Waals surface area contributed by atoms with E-state index in [1.807, 2.05) is 12.1 Å². The summed E-state index contributed by atoms with van der Waals surface area (Å²) in [4.78, 5) is 19.5. The van der Waals surface area contributed by atoms with Gasteiger partial charge in [0.15, 0.2) is 0 Å². The average molecular weight is 422 g/mol. The minimum absolute atomic E-state index is 0.00103. The monoisotopic (exact) mass is 421 g/mol. The molecule has 1 unspecified atom stereocenters. The number of carbonyl (C=O) groups excluding carboxylic acids is 1. The number of benzene rings is 1. The highest BCUT2D eigenvalue weighted by Crippen LogP contribution is 2.30. The zero-order valence-electron chi connectivity index (χ0n) is 17.6. The van der Waals surface area contributed by atoms with Gasteiger partial charge in [0.2, 0.25) is 0 Å². The lowest BCUT2D eigenvalue weighted by atomic mass is 9.89. The van der Waals surface area contributed by atoms with E-state index in [0.29, 0.717) is 11.6 Å². The van der Waals surface area contributed by atoms with Crippen LogP contribution < -0.4 is 16.8 Å². The number of halogens is 1. The van der Waals surface area contributed by atoms with Crippen LogP contribution in [0.3, 0.4) is 0 Å². The Labute approximate surface area is 181 Å². The van der Waals surface area contributed by atoms with E-state index >= 15 is 0 Å². The van der Waals surface area contributed by atoms with E-state index in [4.69, 9.17) is 11.5 Å². The standard InChI is InChI=1S/C24H28FN5O/c1-2-30-13-11-16(12-14-30)15-7-9-17(10-8-15)28-23(27)21-22(26)20-18(25)5-3-4-6-19(20)29-24(21)31/h3-10,16,19H,2,11-14,26H2,1H3,(H2,27,28)(H,29,31). The van der Waals surface area contributed by atoms with E-state index in [2.05, 4.69) is 34.3 Å². The highest BCUT2D eigenvalue weighted by atomic mass is 19.1. The maximum Gasteiger partial charge on any atom is 0.257 e. The number of carbonyl (C=O) groups is 1. The van der Waals surface area contributed by atoms with Crippen molar-refractivity contribution in [2.45, 2.75) is 31.7 Å². The summed E-state index contributed by atoms with van der Waals surface area (Å²) in [6.07, 6.45) is 8.51. The van der Waals surface area contributed by atoms with Gasteiger partial charge in [0.1, 0.15) is 17.2 Å². The molecule has 1 fully saturated rings. The van der Waals surface area contributed by atoms with Crippen LogP contribution in [0.2, 0.25) is 0 Å². The summed E-state index contributed by atoms with van der Waals surface area (Å²) in [7, 11) is 0. The van der Waals surface area contributed by atoms with Crippen LogP contribution in [0.1, 0.15) is 31.2 Å². The van der Waals surface area contributed by atoms with Gasteiger partial charge in [-0.25, -0.2) is 9.38 Å². The first-order chi connectivity index (χ1) is 15.0. The predicted octanol–water partition coefficient (Wildman–Crippen LogP) is 2.94. The van der Waals surface area contributed by atoms with Crippen molar-refractivity contribution in [2.24, 2.45) is 16.5 Å². The Kier molecular flexibility index (Phi) is 6.04. The molecule has 5 N–H and O–H groups in total. The van der Waals surface area contributed by atoms with Crippen LogP contribution in [0.4, 0.5) is 10.1 Å². The van der Waals surface area contributed by atoms with Gasteiger partial charge in [0, 0.05) is 5.57 Å². The molecule has 0 spiro atoms. The molecular weight excluding hydrogens is 393 g/mol. The smallest absolute Gasteiger partial charge is 0.257 e. The maximum atomic E-state index is 14.5. The fraction of sp³-hybridized carbons (Fsp3) is 0.333. The van der Waals surface area contributed by atoms with Gasteiger partial charge in [-0.2, -0.15) is 0 Å². The average Bonchev–Trinajstić information content (AvgIpc) is 2.95. The number of amides is 1. The zero-order chi connectivity index (χ0) is 22.0. The molecule has 4 rings (SSSR count). The van der Waals surface area contributed by atoms with Crippen LogP contribution in [0, 0.1) is 0 Å². The molecule has 1 amide bonds. The lowest BCUT2D eigenvalue weighted by Gasteiger charge is -2.31. The molecule has 3 aliphatic rings. The molecule has 1 atom stereocenters. The summed E-state index contributed by atoms with van der Waals surface area (Å²) < 4.78 is 14.5. The first kappa shape index (κ1) is 21.1. The number of fused-ring (bicyclic) bond motifs is 1. The molecule has 1 aliphatic carbocycles. The van der Waals surface area contributed by atoms with E-state index in [1.54, 1.807) is 18.2 Å². The number of hydrogen-bond donors (Lipinski definition) is 3. The Morgan fingerprint density at radius 1 is 1.23 bits per heavy atom.